The van der Waals surface area contributed by atoms with Crippen LogP contribution in [-0.4, -0.2) is 31.0 Å². The minimum Gasteiger partial charge on any atom is -0.387 e. The minimum atomic E-state index is -4.31. The normalized spacial score (nSPS) is 13.2. The fraction of sp³-hybridized carbons (Fsp3) is 0.235. The van der Waals surface area contributed by atoms with Gasteiger partial charge in [-0.05, 0) is 49.3 Å². The van der Waals surface area contributed by atoms with Gasteiger partial charge in [0.1, 0.15) is 11.5 Å². The Bertz CT molecular complexity index is 1200. The van der Waals surface area contributed by atoms with Gasteiger partial charge in [0.05, 0.1) is 9.92 Å². The first-order chi connectivity index (χ1) is 14.3. The number of benzene rings is 1. The maximum atomic E-state index is 13.3. The molecule has 14 heteroatoms. The van der Waals surface area contributed by atoms with Gasteiger partial charge in [0, 0.05) is 5.69 Å². The lowest BCUT2D eigenvalue weighted by atomic mass is 10.1. The Balaban J connectivity index is 2.52. The summed E-state index contributed by atoms with van der Waals surface area (Å²) in [6.07, 6.45) is -1.08. The lowest BCUT2D eigenvalue weighted by molar-refractivity contribution is -0.125. The third-order valence-corrected chi connectivity index (χ3v) is 5.76. The maximum absolute atomic E-state index is 13.3. The number of primary amides is 1. The molecule has 2 unspecified atom stereocenters. The van der Waals surface area contributed by atoms with Crippen LogP contribution in [0.5, 0.6) is 0 Å². The molecule has 2 aromatic rings. The topological polar surface area (TPSA) is 185 Å². The number of hydrogen-bond acceptors (Lipinski definition) is 6. The molecule has 1 amide bonds. The highest BCUT2D eigenvalue weighted by Crippen LogP contribution is 2.22. The molecule has 0 aliphatic rings. The van der Waals surface area contributed by atoms with Crippen molar-refractivity contribution in [1.82, 2.24) is 4.57 Å². The summed E-state index contributed by atoms with van der Waals surface area (Å²) in [4.78, 5) is 29.7. The first kappa shape index (κ1) is 24.0. The molecule has 0 saturated carbocycles. The molecule has 0 bridgehead atoms. The minimum absolute atomic E-state index is 0.279. The zero-order valence-corrected chi connectivity index (χ0v) is 17.9. The van der Waals surface area contributed by atoms with E-state index in [9.17, 15) is 22.4 Å². The third-order valence-electron chi connectivity index (χ3n) is 4.10. The number of halogens is 2. The molecule has 31 heavy (non-hydrogen) atoms. The molecular weight excluding hydrogens is 455 g/mol. The van der Waals surface area contributed by atoms with Gasteiger partial charge in [-0.15, -0.1) is 0 Å². The molecule has 11 nitrogen and oxygen atoms in total. The molecule has 0 aliphatic carbocycles. The highest BCUT2D eigenvalue weighted by molar-refractivity contribution is 7.92. The number of aryl methyl sites for hydroxylation is 1. The second-order valence-corrected chi connectivity index (χ2v) is 8.51. The van der Waals surface area contributed by atoms with E-state index in [0.29, 0.717) is 0 Å². The molecule has 2 atom stereocenters. The molecule has 7 N–H and O–H groups in total. The summed E-state index contributed by atoms with van der Waals surface area (Å²) < 4.78 is 41.6. The molecule has 0 radical (unpaired) electrons. The average Bonchev–Trinajstić information content (AvgIpc) is 2.67. The van der Waals surface area contributed by atoms with Crippen molar-refractivity contribution >= 4 is 39.2 Å². The number of guanidine groups is 1. The first-order valence-electron chi connectivity index (χ1n) is 8.59. The number of nitrogens with two attached hydrogens (primary N) is 3. The van der Waals surface area contributed by atoms with Gasteiger partial charge in [-0.25, -0.2) is 12.8 Å². The van der Waals surface area contributed by atoms with Gasteiger partial charge in [-0.2, -0.15) is 0 Å². The van der Waals surface area contributed by atoms with E-state index in [0.717, 1.165) is 22.8 Å². The highest BCUT2D eigenvalue weighted by Gasteiger charge is 2.30. The number of carbonyl (C=O) groups excluding carboxylic acids is 1. The van der Waals surface area contributed by atoms with Crippen molar-refractivity contribution in [3.05, 3.63) is 57.2 Å². The van der Waals surface area contributed by atoms with Crippen LogP contribution in [0.15, 0.2) is 45.2 Å². The van der Waals surface area contributed by atoms with Crippen LogP contribution in [0.3, 0.4) is 0 Å². The number of oxime groups is 1. The number of nitrogens with one attached hydrogen (secondary N) is 1. The van der Waals surface area contributed by atoms with E-state index >= 15 is 0 Å². The lowest BCUT2D eigenvalue weighted by Gasteiger charge is -2.24. The number of carbonyl (C=O) groups is 1. The SMILES string of the molecule is Cc1ccc(NS(=O)(=O)c2ccc(F)c(Cl)c2)c(=O)n1C(C(N)=O)C(C)ON=C(N)N. The molecule has 0 spiro atoms. The van der Waals surface area contributed by atoms with E-state index < -0.39 is 56.1 Å². The van der Waals surface area contributed by atoms with Crippen LogP contribution in [0.1, 0.15) is 18.7 Å². The Kier molecular flexibility index (Phi) is 7.13. The zero-order valence-electron chi connectivity index (χ0n) is 16.4. The summed E-state index contributed by atoms with van der Waals surface area (Å²) in [5.74, 6) is -2.18. The van der Waals surface area contributed by atoms with Gasteiger partial charge in [-0.3, -0.25) is 18.9 Å². The number of amides is 1. The first-order valence-corrected chi connectivity index (χ1v) is 10.5. The predicted molar refractivity (Wildman–Crippen MR) is 112 cm³/mol. The van der Waals surface area contributed by atoms with Gasteiger partial charge in [0.25, 0.3) is 15.6 Å². The summed E-state index contributed by atoms with van der Waals surface area (Å²) in [6.45, 7) is 2.90. The van der Waals surface area contributed by atoms with E-state index in [2.05, 4.69) is 9.88 Å². The second kappa shape index (κ2) is 9.22. The molecular formula is C17H20ClFN6O5S. The molecule has 1 aromatic heterocycles. The van der Waals surface area contributed by atoms with Crippen molar-refractivity contribution in [2.75, 3.05) is 4.72 Å². The summed E-state index contributed by atoms with van der Waals surface area (Å²) >= 11 is 5.64. The molecule has 168 valence electrons. The van der Waals surface area contributed by atoms with Crippen molar-refractivity contribution in [3.8, 4) is 0 Å². The number of pyridine rings is 1. The van der Waals surface area contributed by atoms with Gasteiger partial charge in [0.2, 0.25) is 11.9 Å². The smallest absolute Gasteiger partial charge is 0.275 e. The summed E-state index contributed by atoms with van der Waals surface area (Å²) in [5.41, 5.74) is 14.8. The Hall–Kier alpha value is -3.32. The Morgan fingerprint density at radius 2 is 1.90 bits per heavy atom. The van der Waals surface area contributed by atoms with Gasteiger partial charge >= 0.3 is 0 Å². The van der Waals surface area contributed by atoms with Crippen molar-refractivity contribution < 1.29 is 22.4 Å². The highest BCUT2D eigenvalue weighted by atomic mass is 35.5. The van der Waals surface area contributed by atoms with E-state index in [-0.39, 0.29) is 10.6 Å². The van der Waals surface area contributed by atoms with Crippen molar-refractivity contribution in [1.29, 1.82) is 0 Å². The van der Waals surface area contributed by atoms with Crippen molar-refractivity contribution in [2.45, 2.75) is 30.9 Å². The van der Waals surface area contributed by atoms with E-state index in [4.69, 9.17) is 33.6 Å². The predicted octanol–water partition coefficient (Wildman–Crippen LogP) is 0.370. The number of sulfonamides is 1. The van der Waals surface area contributed by atoms with Crippen molar-refractivity contribution in [2.24, 2.45) is 22.4 Å². The van der Waals surface area contributed by atoms with E-state index in [1.165, 1.54) is 26.0 Å². The Labute approximate surface area is 181 Å². The van der Waals surface area contributed by atoms with Crippen LogP contribution in [-0.2, 0) is 19.7 Å². The Morgan fingerprint density at radius 3 is 2.45 bits per heavy atom. The molecule has 1 heterocycles. The molecule has 1 aromatic carbocycles. The van der Waals surface area contributed by atoms with E-state index in [1.54, 1.807) is 0 Å². The monoisotopic (exact) mass is 474 g/mol. The van der Waals surface area contributed by atoms with Crippen LogP contribution in [0, 0.1) is 12.7 Å². The molecule has 2 rings (SSSR count). The van der Waals surface area contributed by atoms with Crippen LogP contribution >= 0.6 is 11.6 Å². The number of nitrogens with zero attached hydrogens (tertiary/aromatic N) is 2. The average molecular weight is 475 g/mol. The number of rotatable bonds is 8. The quantitative estimate of drug-likeness (QED) is 0.241. The maximum Gasteiger partial charge on any atom is 0.275 e. The second-order valence-electron chi connectivity index (χ2n) is 6.42. The Morgan fingerprint density at radius 1 is 1.26 bits per heavy atom. The third kappa shape index (κ3) is 5.44. The summed E-state index contributed by atoms with van der Waals surface area (Å²) in [5, 5.41) is 2.93. The largest absolute Gasteiger partial charge is 0.387 e. The van der Waals surface area contributed by atoms with E-state index in [1.807, 2.05) is 0 Å². The fourth-order valence-corrected chi connectivity index (χ4v) is 4.01. The zero-order chi connectivity index (χ0) is 23.5. The van der Waals surface area contributed by atoms with Gasteiger partial charge in [-0.1, -0.05) is 11.6 Å². The van der Waals surface area contributed by atoms with Gasteiger partial charge < -0.3 is 22.0 Å². The van der Waals surface area contributed by atoms with Crippen LogP contribution < -0.4 is 27.5 Å². The number of hydrogen-bond donors (Lipinski definition) is 4. The van der Waals surface area contributed by atoms with Crippen LogP contribution in [0.25, 0.3) is 0 Å². The summed E-state index contributed by atoms with van der Waals surface area (Å²) in [6, 6.07) is 3.96. The van der Waals surface area contributed by atoms with Crippen LogP contribution in [0.2, 0.25) is 5.02 Å². The standard InChI is InChI=1S/C17H20ClFN6O5S/c1-8-3-6-13(24-31(28,29)10-4-5-12(19)11(18)7-10)16(27)25(8)14(15(20)26)9(2)30-23-17(21)22/h3-7,9,14,24H,1-2H3,(H2,20,26)(H4,21,22,23). The van der Waals surface area contributed by atoms with Gasteiger partial charge in [0.15, 0.2) is 12.1 Å². The number of aromatic nitrogens is 1. The molecule has 0 aliphatic heterocycles. The lowest BCUT2D eigenvalue weighted by Crippen LogP contribution is -2.42. The molecule has 0 fully saturated rings. The van der Waals surface area contributed by atoms with Crippen LogP contribution in [0.4, 0.5) is 10.1 Å². The fourth-order valence-electron chi connectivity index (χ4n) is 2.69. The number of anilines is 1. The summed E-state index contributed by atoms with van der Waals surface area (Å²) in [7, 11) is -4.31. The molecule has 0 saturated heterocycles. The van der Waals surface area contributed by atoms with Crippen molar-refractivity contribution in [3.63, 3.8) is 0 Å².